The molecule has 1 aromatic rings. The first-order chi connectivity index (χ1) is 11.6. The molecular formula is C17H20ClN3O3. The van der Waals surface area contributed by atoms with Crippen LogP contribution in [0.1, 0.15) is 32.1 Å². The lowest BCUT2D eigenvalue weighted by molar-refractivity contribution is -0.119. The van der Waals surface area contributed by atoms with Crippen LogP contribution in [-0.4, -0.2) is 30.5 Å². The largest absolute Gasteiger partial charge is 0.482 e. The summed E-state index contributed by atoms with van der Waals surface area (Å²) < 4.78 is 5.38. The molecule has 2 amide bonds. The summed E-state index contributed by atoms with van der Waals surface area (Å²) in [6, 6.07) is 3.56. The number of hydrogen-bond donors (Lipinski definition) is 3. The number of carbonyl (C=O) groups is 2. The van der Waals surface area contributed by atoms with Crippen LogP contribution in [0.2, 0.25) is 5.02 Å². The number of anilines is 2. The van der Waals surface area contributed by atoms with E-state index in [1.165, 1.54) is 19.3 Å². The first-order valence-electron chi connectivity index (χ1n) is 8.43. The number of carbonyl (C=O) groups excluding carboxylic acids is 2. The van der Waals surface area contributed by atoms with E-state index in [4.69, 9.17) is 16.3 Å². The lowest BCUT2D eigenvalue weighted by atomic mass is 9.85. The molecule has 3 aliphatic rings. The van der Waals surface area contributed by atoms with Gasteiger partial charge in [-0.2, -0.15) is 0 Å². The molecule has 2 heterocycles. The zero-order valence-corrected chi connectivity index (χ0v) is 14.0. The monoisotopic (exact) mass is 349 g/mol. The van der Waals surface area contributed by atoms with E-state index in [2.05, 4.69) is 16.0 Å². The number of fused-ring (bicyclic) bond motifs is 2. The SMILES string of the molecule is O=C1COc2cc(NC(=O)C3CC4CCCCC4N3)c(Cl)cc2N1. The van der Waals surface area contributed by atoms with E-state index in [1.54, 1.807) is 12.1 Å². The predicted molar refractivity (Wildman–Crippen MR) is 91.5 cm³/mol. The molecule has 7 heteroatoms. The topological polar surface area (TPSA) is 79.5 Å². The Morgan fingerprint density at radius 3 is 2.96 bits per heavy atom. The van der Waals surface area contributed by atoms with E-state index < -0.39 is 0 Å². The molecule has 1 aromatic carbocycles. The Hall–Kier alpha value is -1.79. The minimum atomic E-state index is -0.215. The summed E-state index contributed by atoms with van der Waals surface area (Å²) >= 11 is 6.24. The average Bonchev–Trinajstić information content (AvgIpc) is 3.00. The lowest BCUT2D eigenvalue weighted by Gasteiger charge is -2.24. The summed E-state index contributed by atoms with van der Waals surface area (Å²) in [5.74, 6) is 0.841. The lowest BCUT2D eigenvalue weighted by Crippen LogP contribution is -2.40. The summed E-state index contributed by atoms with van der Waals surface area (Å²) in [7, 11) is 0. The first-order valence-corrected chi connectivity index (χ1v) is 8.81. The number of nitrogens with one attached hydrogen (secondary N) is 3. The van der Waals surface area contributed by atoms with Crippen LogP contribution >= 0.6 is 11.6 Å². The van der Waals surface area contributed by atoms with Gasteiger partial charge in [0.15, 0.2) is 6.61 Å². The quantitative estimate of drug-likeness (QED) is 0.766. The number of benzene rings is 1. The van der Waals surface area contributed by atoms with Crippen molar-refractivity contribution < 1.29 is 14.3 Å². The Balaban J connectivity index is 1.47. The van der Waals surface area contributed by atoms with E-state index >= 15 is 0 Å². The van der Waals surface area contributed by atoms with Crippen LogP contribution in [0.3, 0.4) is 0 Å². The van der Waals surface area contributed by atoms with Gasteiger partial charge in [-0.1, -0.05) is 24.4 Å². The van der Waals surface area contributed by atoms with E-state index in [0.29, 0.717) is 34.1 Å². The van der Waals surface area contributed by atoms with Crippen LogP contribution < -0.4 is 20.7 Å². The molecule has 0 aromatic heterocycles. The minimum absolute atomic E-state index is 0.0322. The molecular weight excluding hydrogens is 330 g/mol. The van der Waals surface area contributed by atoms with Gasteiger partial charge in [0, 0.05) is 12.1 Å². The van der Waals surface area contributed by atoms with Gasteiger partial charge in [0.25, 0.3) is 5.91 Å². The summed E-state index contributed by atoms with van der Waals surface area (Å²) in [6.07, 6.45) is 5.74. The second kappa shape index (κ2) is 6.26. The molecule has 24 heavy (non-hydrogen) atoms. The molecule has 3 N–H and O–H groups in total. The van der Waals surface area contributed by atoms with Crippen molar-refractivity contribution in [1.82, 2.24) is 5.32 Å². The van der Waals surface area contributed by atoms with Gasteiger partial charge in [-0.05, 0) is 31.2 Å². The highest BCUT2D eigenvalue weighted by Gasteiger charge is 2.38. The normalized spacial score (nSPS) is 28.4. The van der Waals surface area contributed by atoms with Gasteiger partial charge >= 0.3 is 0 Å². The third-order valence-electron chi connectivity index (χ3n) is 5.14. The van der Waals surface area contributed by atoms with Crippen molar-refractivity contribution in [1.29, 1.82) is 0 Å². The van der Waals surface area contributed by atoms with Crippen molar-refractivity contribution in [3.8, 4) is 5.75 Å². The molecule has 6 nitrogen and oxygen atoms in total. The predicted octanol–water partition coefficient (Wildman–Crippen LogP) is 2.53. The summed E-state index contributed by atoms with van der Waals surface area (Å²) in [4.78, 5) is 23.9. The first kappa shape index (κ1) is 15.7. The number of halogens is 1. The number of hydrogen-bond acceptors (Lipinski definition) is 4. The highest BCUT2D eigenvalue weighted by atomic mass is 35.5. The van der Waals surface area contributed by atoms with E-state index in [1.807, 2.05) is 0 Å². The molecule has 2 fully saturated rings. The Morgan fingerprint density at radius 2 is 2.12 bits per heavy atom. The second-order valence-electron chi connectivity index (χ2n) is 6.76. The maximum atomic E-state index is 12.6. The average molecular weight is 350 g/mol. The molecule has 0 radical (unpaired) electrons. The van der Waals surface area contributed by atoms with Crippen LogP contribution in [0.25, 0.3) is 0 Å². The van der Waals surface area contributed by atoms with Crippen molar-refractivity contribution in [2.75, 3.05) is 17.2 Å². The molecule has 128 valence electrons. The van der Waals surface area contributed by atoms with Gasteiger partial charge in [0.1, 0.15) is 5.75 Å². The Labute approximate surface area is 145 Å². The van der Waals surface area contributed by atoms with Crippen molar-refractivity contribution in [2.24, 2.45) is 5.92 Å². The summed E-state index contributed by atoms with van der Waals surface area (Å²) in [5, 5.41) is 9.43. The highest BCUT2D eigenvalue weighted by Crippen LogP contribution is 2.37. The van der Waals surface area contributed by atoms with Crippen LogP contribution in [0.15, 0.2) is 12.1 Å². The number of ether oxygens (including phenoxy) is 1. The molecule has 4 rings (SSSR count). The second-order valence-corrected chi connectivity index (χ2v) is 7.17. The van der Waals surface area contributed by atoms with Gasteiger partial charge in [-0.15, -0.1) is 0 Å². The van der Waals surface area contributed by atoms with Gasteiger partial charge in [0.05, 0.1) is 22.4 Å². The van der Waals surface area contributed by atoms with E-state index in [0.717, 1.165) is 12.8 Å². The van der Waals surface area contributed by atoms with Crippen molar-refractivity contribution in [3.63, 3.8) is 0 Å². The van der Waals surface area contributed by atoms with E-state index in [-0.39, 0.29) is 24.5 Å². The highest BCUT2D eigenvalue weighted by molar-refractivity contribution is 6.34. The van der Waals surface area contributed by atoms with Gasteiger partial charge in [-0.3, -0.25) is 9.59 Å². The third kappa shape index (κ3) is 2.96. The zero-order chi connectivity index (χ0) is 16.7. The van der Waals surface area contributed by atoms with E-state index in [9.17, 15) is 9.59 Å². The van der Waals surface area contributed by atoms with Crippen LogP contribution in [0.4, 0.5) is 11.4 Å². The third-order valence-corrected chi connectivity index (χ3v) is 5.45. The van der Waals surface area contributed by atoms with Crippen LogP contribution in [0, 0.1) is 5.92 Å². The van der Waals surface area contributed by atoms with Gasteiger partial charge in [0.2, 0.25) is 5.91 Å². The minimum Gasteiger partial charge on any atom is -0.482 e. The molecule has 1 saturated heterocycles. The summed E-state index contributed by atoms with van der Waals surface area (Å²) in [6.45, 7) is -0.0322. The zero-order valence-electron chi connectivity index (χ0n) is 13.2. The molecule has 1 saturated carbocycles. The molecule has 0 bridgehead atoms. The Bertz CT molecular complexity index is 680. The van der Waals surface area contributed by atoms with Crippen molar-refractivity contribution in [3.05, 3.63) is 17.2 Å². The van der Waals surface area contributed by atoms with Crippen LogP contribution in [-0.2, 0) is 9.59 Å². The van der Waals surface area contributed by atoms with Crippen molar-refractivity contribution in [2.45, 2.75) is 44.2 Å². The smallest absolute Gasteiger partial charge is 0.262 e. The molecule has 0 spiro atoms. The standard InChI is InChI=1S/C17H20ClN3O3/c18-10-6-13-15(24-8-16(22)20-13)7-12(10)21-17(23)14-5-9-3-1-2-4-11(9)19-14/h6-7,9,11,14,19H,1-5,8H2,(H,20,22)(H,21,23). The fourth-order valence-electron chi connectivity index (χ4n) is 3.94. The number of amides is 2. The maximum Gasteiger partial charge on any atom is 0.262 e. The Kier molecular flexibility index (Phi) is 4.10. The fourth-order valence-corrected chi connectivity index (χ4v) is 4.15. The maximum absolute atomic E-state index is 12.6. The molecule has 3 unspecified atom stereocenters. The Morgan fingerprint density at radius 1 is 1.29 bits per heavy atom. The van der Waals surface area contributed by atoms with Gasteiger partial charge in [-0.25, -0.2) is 0 Å². The summed E-state index contributed by atoms with van der Waals surface area (Å²) in [5.41, 5.74) is 1.03. The van der Waals surface area contributed by atoms with Gasteiger partial charge < -0.3 is 20.7 Å². The molecule has 3 atom stereocenters. The molecule has 2 aliphatic heterocycles. The fraction of sp³-hybridized carbons (Fsp3) is 0.529. The number of rotatable bonds is 2. The molecule has 1 aliphatic carbocycles. The van der Waals surface area contributed by atoms with Crippen molar-refractivity contribution >= 4 is 34.8 Å². The van der Waals surface area contributed by atoms with Crippen LogP contribution in [0.5, 0.6) is 5.75 Å².